The van der Waals surface area contributed by atoms with Gasteiger partial charge in [-0.25, -0.2) is 4.98 Å². The molecule has 0 aliphatic carbocycles. The average Bonchev–Trinajstić information content (AvgIpc) is 2.94. The zero-order valence-electron chi connectivity index (χ0n) is 20.8. The lowest BCUT2D eigenvalue weighted by Gasteiger charge is -2.27. The number of rotatable bonds is 7. The van der Waals surface area contributed by atoms with Crippen LogP contribution in [0.5, 0.6) is 11.5 Å². The largest absolute Gasteiger partial charge is 0.493 e. The third-order valence-electron chi connectivity index (χ3n) is 6.44. The van der Waals surface area contributed by atoms with Crippen LogP contribution < -0.4 is 19.1 Å². The number of morpholine rings is 1. The number of aryl methyl sites for hydroxylation is 1. The fourth-order valence-corrected chi connectivity index (χ4v) is 4.34. The Morgan fingerprint density at radius 1 is 1.11 bits per heavy atom. The summed E-state index contributed by atoms with van der Waals surface area (Å²) in [5, 5.41) is 19.9. The standard InChI is InChI=1S/C28H28N5O4/c1-19-3-4-21(17-33(19)34)18-37-25-8-5-20(14-26(25)35-2)13-22-6-7-24-28(23(22)15-29)31-27(16-30-24)32-9-11-36-12-10-32/h3-8,14,16-17,34H,9-13,18H2,1-2H3/q+1. The van der Waals surface area contributed by atoms with E-state index in [-0.39, 0.29) is 6.61 Å². The number of nitriles is 1. The van der Waals surface area contributed by atoms with Gasteiger partial charge in [-0.2, -0.15) is 5.26 Å². The van der Waals surface area contributed by atoms with Crippen LogP contribution in [0.3, 0.4) is 0 Å². The molecule has 1 N–H and O–H groups in total. The monoisotopic (exact) mass is 498 g/mol. The van der Waals surface area contributed by atoms with Crippen molar-refractivity contribution in [3.05, 3.63) is 82.8 Å². The normalized spacial score (nSPS) is 13.4. The van der Waals surface area contributed by atoms with E-state index in [1.807, 2.05) is 49.4 Å². The van der Waals surface area contributed by atoms with Crippen LogP contribution in [0.1, 0.15) is 27.9 Å². The van der Waals surface area contributed by atoms with Gasteiger partial charge in [0.1, 0.15) is 24.0 Å². The van der Waals surface area contributed by atoms with E-state index in [4.69, 9.17) is 19.2 Å². The van der Waals surface area contributed by atoms with Crippen molar-refractivity contribution in [1.82, 2.24) is 9.97 Å². The maximum absolute atomic E-state index is 10.0. The Kier molecular flexibility index (Phi) is 7.01. The Morgan fingerprint density at radius 3 is 2.68 bits per heavy atom. The van der Waals surface area contributed by atoms with E-state index >= 15 is 0 Å². The highest BCUT2D eigenvalue weighted by Gasteiger charge is 2.17. The predicted octanol–water partition coefficient (Wildman–Crippen LogP) is 3.35. The second-order valence-electron chi connectivity index (χ2n) is 8.88. The number of fused-ring (bicyclic) bond motifs is 1. The minimum absolute atomic E-state index is 0.282. The molecule has 1 saturated heterocycles. The highest BCUT2D eigenvalue weighted by Crippen LogP contribution is 2.31. The molecule has 37 heavy (non-hydrogen) atoms. The highest BCUT2D eigenvalue weighted by molar-refractivity contribution is 5.83. The lowest BCUT2D eigenvalue weighted by atomic mass is 9.98. The molecule has 9 nitrogen and oxygen atoms in total. The van der Waals surface area contributed by atoms with Crippen molar-refractivity contribution in [1.29, 1.82) is 5.26 Å². The van der Waals surface area contributed by atoms with Crippen LogP contribution in [0.25, 0.3) is 11.0 Å². The van der Waals surface area contributed by atoms with Gasteiger partial charge >= 0.3 is 0 Å². The van der Waals surface area contributed by atoms with Gasteiger partial charge in [-0.1, -0.05) is 12.1 Å². The summed E-state index contributed by atoms with van der Waals surface area (Å²) in [6.07, 6.45) is 3.91. The molecule has 4 aromatic rings. The molecule has 2 aromatic heterocycles. The van der Waals surface area contributed by atoms with Gasteiger partial charge in [0.05, 0.1) is 43.2 Å². The van der Waals surface area contributed by atoms with Crippen molar-refractivity contribution in [3.63, 3.8) is 0 Å². The molecule has 3 heterocycles. The molecule has 5 rings (SSSR count). The Bertz CT molecular complexity index is 1480. The summed E-state index contributed by atoms with van der Waals surface area (Å²) in [5.41, 5.74) is 5.23. The van der Waals surface area contributed by atoms with E-state index in [2.05, 4.69) is 16.0 Å². The van der Waals surface area contributed by atoms with Gasteiger partial charge in [0.25, 0.3) is 0 Å². The van der Waals surface area contributed by atoms with Gasteiger partial charge < -0.3 is 19.1 Å². The molecule has 1 aliphatic heterocycles. The fourth-order valence-electron chi connectivity index (χ4n) is 4.34. The van der Waals surface area contributed by atoms with E-state index in [1.165, 1.54) is 0 Å². The second kappa shape index (κ2) is 10.7. The van der Waals surface area contributed by atoms with Gasteiger partial charge in [0.2, 0.25) is 11.9 Å². The molecule has 2 aromatic carbocycles. The average molecular weight is 499 g/mol. The van der Waals surface area contributed by atoms with Gasteiger partial charge in [0.15, 0.2) is 11.5 Å². The molecule has 188 valence electrons. The fraction of sp³-hybridized carbons (Fsp3) is 0.286. The van der Waals surface area contributed by atoms with E-state index in [9.17, 15) is 10.5 Å². The van der Waals surface area contributed by atoms with Gasteiger partial charge in [-0.3, -0.25) is 10.2 Å². The van der Waals surface area contributed by atoms with Crippen molar-refractivity contribution >= 4 is 16.9 Å². The number of ether oxygens (including phenoxy) is 3. The third kappa shape index (κ3) is 5.25. The Morgan fingerprint density at radius 2 is 1.92 bits per heavy atom. The predicted molar refractivity (Wildman–Crippen MR) is 136 cm³/mol. The zero-order chi connectivity index (χ0) is 25.8. The molecule has 0 atom stereocenters. The van der Waals surface area contributed by atoms with E-state index < -0.39 is 0 Å². The summed E-state index contributed by atoms with van der Waals surface area (Å²) in [5.74, 6) is 1.94. The summed E-state index contributed by atoms with van der Waals surface area (Å²) in [4.78, 5) is 11.5. The van der Waals surface area contributed by atoms with Gasteiger partial charge in [-0.15, -0.1) is 0 Å². The Labute approximate surface area is 215 Å². The topological polar surface area (TPSA) is 105 Å². The Balaban J connectivity index is 1.38. The first-order valence-corrected chi connectivity index (χ1v) is 12.1. The minimum atomic E-state index is 0.282. The number of anilines is 1. The third-order valence-corrected chi connectivity index (χ3v) is 6.44. The van der Waals surface area contributed by atoms with Crippen LogP contribution in [-0.4, -0.2) is 48.6 Å². The van der Waals surface area contributed by atoms with Crippen LogP contribution in [-0.2, 0) is 17.8 Å². The lowest BCUT2D eigenvalue weighted by Crippen LogP contribution is -2.36. The van der Waals surface area contributed by atoms with Crippen molar-refractivity contribution in [2.45, 2.75) is 20.0 Å². The van der Waals surface area contributed by atoms with Crippen LogP contribution in [0.4, 0.5) is 5.82 Å². The zero-order valence-corrected chi connectivity index (χ0v) is 20.8. The number of hydrogen-bond acceptors (Lipinski definition) is 8. The van der Waals surface area contributed by atoms with Gasteiger partial charge in [0, 0.05) is 30.8 Å². The molecule has 0 bridgehead atoms. The lowest BCUT2D eigenvalue weighted by molar-refractivity contribution is -0.909. The van der Waals surface area contributed by atoms with Crippen molar-refractivity contribution in [3.8, 4) is 17.6 Å². The van der Waals surface area contributed by atoms with E-state index in [0.717, 1.165) is 46.0 Å². The quantitative estimate of drug-likeness (QED) is 0.306. The number of pyridine rings is 1. The van der Waals surface area contributed by atoms with E-state index in [0.29, 0.717) is 47.7 Å². The number of aromatic nitrogens is 3. The maximum atomic E-state index is 10.0. The van der Waals surface area contributed by atoms with Crippen LogP contribution in [0.15, 0.2) is 54.9 Å². The molecule has 0 unspecified atom stereocenters. The van der Waals surface area contributed by atoms with Crippen molar-refractivity contribution < 1.29 is 24.1 Å². The highest BCUT2D eigenvalue weighted by atomic mass is 16.5. The second-order valence-corrected chi connectivity index (χ2v) is 8.88. The first-order valence-electron chi connectivity index (χ1n) is 12.1. The SMILES string of the molecule is COc1cc(Cc2ccc3ncc(N4CCOCC4)nc3c2C#N)ccc1OCc1ccc(C)[n+](O)c1. The van der Waals surface area contributed by atoms with Crippen LogP contribution in [0, 0.1) is 18.3 Å². The summed E-state index contributed by atoms with van der Waals surface area (Å²) in [6, 6.07) is 15.7. The van der Waals surface area contributed by atoms with Crippen LogP contribution in [0.2, 0.25) is 0 Å². The summed E-state index contributed by atoms with van der Waals surface area (Å²) in [6.45, 7) is 4.90. The molecule has 0 spiro atoms. The number of benzene rings is 2. The summed E-state index contributed by atoms with van der Waals surface area (Å²) < 4.78 is 18.0. The molecule has 1 aliphatic rings. The van der Waals surface area contributed by atoms with Crippen LogP contribution >= 0.6 is 0 Å². The van der Waals surface area contributed by atoms with Crippen molar-refractivity contribution in [2.75, 3.05) is 38.3 Å². The molecular weight excluding hydrogens is 470 g/mol. The Hall–Kier alpha value is -4.42. The number of nitrogens with zero attached hydrogens (tertiary/aromatic N) is 5. The number of methoxy groups -OCH3 is 1. The number of hydrogen-bond donors (Lipinski definition) is 1. The van der Waals surface area contributed by atoms with E-state index in [1.54, 1.807) is 19.5 Å². The molecule has 0 amide bonds. The summed E-state index contributed by atoms with van der Waals surface area (Å²) in [7, 11) is 1.60. The minimum Gasteiger partial charge on any atom is -0.493 e. The molecular formula is C28H28N5O4+. The maximum Gasteiger partial charge on any atom is 0.231 e. The molecule has 9 heteroatoms. The van der Waals surface area contributed by atoms with Gasteiger partial charge in [-0.05, 0) is 41.8 Å². The smallest absolute Gasteiger partial charge is 0.231 e. The van der Waals surface area contributed by atoms with Crippen molar-refractivity contribution in [2.24, 2.45) is 0 Å². The molecule has 1 fully saturated rings. The summed E-state index contributed by atoms with van der Waals surface area (Å²) >= 11 is 0. The first-order chi connectivity index (χ1) is 18.1. The first kappa shape index (κ1) is 24.3. The molecule has 0 saturated carbocycles. The molecule has 0 radical (unpaired) electrons.